The lowest BCUT2D eigenvalue weighted by Gasteiger charge is -2.18. The van der Waals surface area contributed by atoms with Gasteiger partial charge in [-0.1, -0.05) is 55.1 Å². The second kappa shape index (κ2) is 8.91. The van der Waals surface area contributed by atoms with Gasteiger partial charge in [-0.25, -0.2) is 0 Å². The largest absolute Gasteiger partial charge is 0.493 e. The molecule has 0 unspecified atom stereocenters. The van der Waals surface area contributed by atoms with Crippen molar-refractivity contribution in [2.75, 3.05) is 6.61 Å². The molecule has 0 N–H and O–H groups in total. The van der Waals surface area contributed by atoms with Gasteiger partial charge in [0.1, 0.15) is 22.8 Å². The van der Waals surface area contributed by atoms with Gasteiger partial charge in [0, 0.05) is 16.7 Å². The molecule has 4 nitrogen and oxygen atoms in total. The normalized spacial score (nSPS) is 12.6. The predicted molar refractivity (Wildman–Crippen MR) is 135 cm³/mol. The second-order valence-electron chi connectivity index (χ2n) is 8.17. The van der Waals surface area contributed by atoms with Gasteiger partial charge in [-0.15, -0.1) is 6.58 Å². The highest BCUT2D eigenvalue weighted by molar-refractivity contribution is 6.17. The zero-order valence-corrected chi connectivity index (χ0v) is 19.0. The van der Waals surface area contributed by atoms with E-state index in [1.807, 2.05) is 67.6 Å². The smallest absolute Gasteiger partial charge is 0.229 e. The number of furan rings is 1. The fourth-order valence-electron chi connectivity index (χ4n) is 4.22. The number of carbonyl (C=O) groups is 1. The van der Waals surface area contributed by atoms with Crippen LogP contribution >= 0.6 is 0 Å². The van der Waals surface area contributed by atoms with Gasteiger partial charge in [0.2, 0.25) is 5.78 Å². The molecule has 34 heavy (non-hydrogen) atoms. The number of rotatable bonds is 7. The first-order chi connectivity index (χ1) is 16.6. The summed E-state index contributed by atoms with van der Waals surface area (Å²) in [6, 6.07) is 20.8. The van der Waals surface area contributed by atoms with Gasteiger partial charge >= 0.3 is 0 Å². The third-order valence-electron chi connectivity index (χ3n) is 5.80. The molecule has 4 heteroatoms. The molecule has 0 aliphatic carbocycles. The fourth-order valence-corrected chi connectivity index (χ4v) is 4.22. The van der Waals surface area contributed by atoms with Crippen LogP contribution in [0.1, 0.15) is 35.0 Å². The summed E-state index contributed by atoms with van der Waals surface area (Å²) < 4.78 is 18.0. The van der Waals surface area contributed by atoms with Gasteiger partial charge in [-0.05, 0) is 54.8 Å². The standard InChI is InChI=1S/C30H24O4/c1-4-5-16-32-23-13-9-12-22(18-23)28(31)30-26(21-10-7-6-8-11-21)27-25(34-30)15-14-24-19(2)17-20(3)33-29(24)27/h4,6-15,17-18H,1,3,5,16H2,2H3. The van der Waals surface area contributed by atoms with Gasteiger partial charge < -0.3 is 13.9 Å². The van der Waals surface area contributed by atoms with E-state index in [-0.39, 0.29) is 11.5 Å². The summed E-state index contributed by atoms with van der Waals surface area (Å²) in [5, 5.41) is 0.763. The molecule has 4 aromatic rings. The minimum atomic E-state index is -0.222. The first-order valence-electron chi connectivity index (χ1n) is 11.2. The second-order valence-corrected chi connectivity index (χ2v) is 8.17. The third kappa shape index (κ3) is 3.84. The number of hydrogen-bond acceptors (Lipinski definition) is 4. The summed E-state index contributed by atoms with van der Waals surface area (Å²) in [6.45, 7) is 10.2. The Balaban J connectivity index is 1.69. The zero-order valence-electron chi connectivity index (χ0n) is 19.0. The molecule has 1 aliphatic heterocycles. The van der Waals surface area contributed by atoms with Gasteiger partial charge in [0.15, 0.2) is 5.76 Å². The average Bonchev–Trinajstić information content (AvgIpc) is 3.24. The highest BCUT2D eigenvalue weighted by Crippen LogP contribution is 2.46. The molecule has 168 valence electrons. The lowest BCUT2D eigenvalue weighted by atomic mass is 9.94. The summed E-state index contributed by atoms with van der Waals surface area (Å²) in [6.07, 6.45) is 4.43. The van der Waals surface area contributed by atoms with Crippen molar-refractivity contribution in [3.63, 3.8) is 0 Å². The minimum absolute atomic E-state index is 0.222. The molecular formula is C30H24O4. The number of carbonyl (C=O) groups excluding carboxylic acids is 1. The van der Waals surface area contributed by atoms with Crippen LogP contribution in [0.3, 0.4) is 0 Å². The summed E-state index contributed by atoms with van der Waals surface area (Å²) in [4.78, 5) is 13.8. The lowest BCUT2D eigenvalue weighted by molar-refractivity contribution is 0.101. The molecule has 5 rings (SSSR count). The SMILES string of the molecule is C=CCCOc1cccc(C(=O)c2oc3ccc4c(c3c2-c2ccccc2)OC(=C)C=C4C)c1. The van der Waals surface area contributed by atoms with Crippen molar-refractivity contribution in [1.82, 2.24) is 0 Å². The van der Waals surface area contributed by atoms with E-state index < -0.39 is 0 Å². The van der Waals surface area contributed by atoms with E-state index in [1.165, 1.54) is 0 Å². The van der Waals surface area contributed by atoms with Crippen molar-refractivity contribution in [3.8, 4) is 22.6 Å². The van der Waals surface area contributed by atoms with Gasteiger partial charge in [0.25, 0.3) is 0 Å². The van der Waals surface area contributed by atoms with Crippen LogP contribution in [0.25, 0.3) is 27.7 Å². The Morgan fingerprint density at radius 3 is 2.68 bits per heavy atom. The van der Waals surface area contributed by atoms with Gasteiger partial charge in [-0.3, -0.25) is 4.79 Å². The van der Waals surface area contributed by atoms with Crippen molar-refractivity contribution in [1.29, 1.82) is 0 Å². The zero-order chi connectivity index (χ0) is 23.7. The van der Waals surface area contributed by atoms with Crippen LogP contribution in [0.4, 0.5) is 0 Å². The molecule has 0 radical (unpaired) electrons. The van der Waals surface area contributed by atoms with Gasteiger partial charge in [0.05, 0.1) is 12.0 Å². The van der Waals surface area contributed by atoms with Crippen LogP contribution in [0, 0.1) is 0 Å². The lowest BCUT2D eigenvalue weighted by Crippen LogP contribution is -2.04. The predicted octanol–water partition coefficient (Wildman–Crippen LogP) is 7.60. The van der Waals surface area contributed by atoms with Crippen LogP contribution in [-0.2, 0) is 0 Å². The molecule has 0 saturated heterocycles. The van der Waals surface area contributed by atoms with Crippen LogP contribution < -0.4 is 9.47 Å². The Labute approximate surface area is 198 Å². The summed E-state index contributed by atoms with van der Waals surface area (Å²) in [7, 11) is 0. The van der Waals surface area contributed by atoms with E-state index >= 15 is 0 Å². The van der Waals surface area contributed by atoms with Gasteiger partial charge in [-0.2, -0.15) is 0 Å². The molecule has 2 heterocycles. The van der Waals surface area contributed by atoms with Crippen LogP contribution in [-0.4, -0.2) is 12.4 Å². The van der Waals surface area contributed by atoms with Crippen molar-refractivity contribution < 1.29 is 18.7 Å². The first-order valence-corrected chi connectivity index (χ1v) is 11.2. The number of hydrogen-bond donors (Lipinski definition) is 0. The Kier molecular flexibility index (Phi) is 5.64. The fraction of sp³-hybridized carbons (Fsp3) is 0.100. The molecular weight excluding hydrogens is 424 g/mol. The first kappa shape index (κ1) is 21.5. The van der Waals surface area contributed by atoms with Crippen molar-refractivity contribution in [2.45, 2.75) is 13.3 Å². The van der Waals surface area contributed by atoms with Crippen molar-refractivity contribution in [3.05, 3.63) is 115 Å². The Morgan fingerprint density at radius 2 is 1.88 bits per heavy atom. The Hall–Kier alpha value is -4.31. The maximum Gasteiger partial charge on any atom is 0.229 e. The van der Waals surface area contributed by atoms with Crippen LogP contribution in [0.15, 0.2) is 102 Å². The molecule has 0 bridgehead atoms. The average molecular weight is 449 g/mol. The van der Waals surface area contributed by atoms with E-state index in [1.54, 1.807) is 18.2 Å². The highest BCUT2D eigenvalue weighted by Gasteiger charge is 2.28. The van der Waals surface area contributed by atoms with Crippen LogP contribution in [0.2, 0.25) is 0 Å². The van der Waals surface area contributed by atoms with E-state index in [9.17, 15) is 4.79 Å². The molecule has 0 fully saturated rings. The Bertz CT molecular complexity index is 1450. The number of benzene rings is 3. The topological polar surface area (TPSA) is 48.7 Å². The number of ketones is 1. The Morgan fingerprint density at radius 1 is 1.06 bits per heavy atom. The molecule has 0 amide bonds. The summed E-state index contributed by atoms with van der Waals surface area (Å²) in [5.41, 5.74) is 4.65. The maximum atomic E-state index is 13.8. The van der Waals surface area contributed by atoms with Crippen LogP contribution in [0.5, 0.6) is 11.5 Å². The molecule has 0 saturated carbocycles. The van der Waals surface area contributed by atoms with Crippen molar-refractivity contribution in [2.24, 2.45) is 0 Å². The molecule has 0 spiro atoms. The quantitative estimate of drug-likeness (QED) is 0.166. The van der Waals surface area contributed by atoms with E-state index in [4.69, 9.17) is 13.9 Å². The maximum absolute atomic E-state index is 13.8. The molecule has 3 aromatic carbocycles. The molecule has 1 aliphatic rings. The number of fused-ring (bicyclic) bond motifs is 3. The molecule has 0 atom stereocenters. The molecule has 1 aromatic heterocycles. The minimum Gasteiger partial charge on any atom is -0.493 e. The van der Waals surface area contributed by atoms with E-state index in [0.717, 1.165) is 28.5 Å². The van der Waals surface area contributed by atoms with E-state index in [2.05, 4.69) is 13.2 Å². The highest BCUT2D eigenvalue weighted by atomic mass is 16.5. The van der Waals surface area contributed by atoms with Crippen molar-refractivity contribution >= 4 is 22.3 Å². The number of ether oxygens (including phenoxy) is 2. The third-order valence-corrected chi connectivity index (χ3v) is 5.80. The summed E-state index contributed by atoms with van der Waals surface area (Å²) >= 11 is 0. The number of allylic oxidation sites excluding steroid dienone is 2. The monoisotopic (exact) mass is 448 g/mol. The summed E-state index contributed by atoms with van der Waals surface area (Å²) in [5.74, 6) is 1.88. The van der Waals surface area contributed by atoms with E-state index in [0.29, 0.717) is 40.6 Å².